The number of ether oxygens (including phenoxy) is 1. The van der Waals surface area contributed by atoms with E-state index in [0.29, 0.717) is 6.42 Å². The van der Waals surface area contributed by atoms with Gasteiger partial charge in [0.1, 0.15) is 5.79 Å². The van der Waals surface area contributed by atoms with Gasteiger partial charge < -0.3 is 9.84 Å². The van der Waals surface area contributed by atoms with E-state index in [9.17, 15) is 23.1 Å². The molecule has 0 aromatic carbocycles. The van der Waals surface area contributed by atoms with E-state index in [0.717, 1.165) is 0 Å². The maximum atomic E-state index is 12.7. The fourth-order valence-electron chi connectivity index (χ4n) is 3.19. The lowest BCUT2D eigenvalue weighted by molar-refractivity contribution is -0.609. The fraction of sp³-hybridized carbons (Fsp3) is 0.700. The van der Waals surface area contributed by atoms with Crippen molar-refractivity contribution in [2.75, 3.05) is 0 Å². The van der Waals surface area contributed by atoms with Crippen LogP contribution in [-0.4, -0.2) is 17.9 Å². The Bertz CT molecular complexity index is 395. The molecular weight excluding hydrogens is 225 g/mol. The molecule has 2 bridgehead atoms. The van der Waals surface area contributed by atoms with E-state index >= 15 is 0 Å². The molecule has 0 amide bonds. The van der Waals surface area contributed by atoms with Gasteiger partial charge in [-0.3, -0.25) is 4.79 Å². The van der Waals surface area contributed by atoms with Crippen LogP contribution in [0.2, 0.25) is 0 Å². The van der Waals surface area contributed by atoms with Crippen LogP contribution in [0.15, 0.2) is 12.2 Å². The Morgan fingerprint density at radius 2 is 2.06 bits per heavy atom. The Morgan fingerprint density at radius 3 is 2.69 bits per heavy atom. The first-order chi connectivity index (χ1) is 7.34. The number of cyclic esters (lactones) is 1. The normalized spacial score (nSPS) is 49.6. The first kappa shape index (κ1) is 10.1. The summed E-state index contributed by atoms with van der Waals surface area (Å²) in [4.78, 5) is 11.4. The van der Waals surface area contributed by atoms with Crippen molar-refractivity contribution >= 4 is 5.97 Å². The molecule has 0 spiro atoms. The molecule has 0 unspecified atom stereocenters. The molecule has 16 heavy (non-hydrogen) atoms. The molecule has 88 valence electrons. The van der Waals surface area contributed by atoms with Crippen LogP contribution in [0.1, 0.15) is 7.85 Å². The highest BCUT2D eigenvalue weighted by molar-refractivity contribution is 5.77. The summed E-state index contributed by atoms with van der Waals surface area (Å²) in [6.07, 6.45) is -1.26. The number of alkyl halides is 3. The SMILES string of the molecule is O=C1O[C@]([O-])(C(F)(F)F)[C@@H]2[C@H]1[C@@H]1C=C[C@H]2C1.[H+]. The van der Waals surface area contributed by atoms with Crippen molar-refractivity contribution in [3.05, 3.63) is 12.2 Å². The summed E-state index contributed by atoms with van der Waals surface area (Å²) in [5.41, 5.74) is 0. The molecule has 0 N–H and O–H groups in total. The van der Waals surface area contributed by atoms with Crippen LogP contribution < -0.4 is 5.11 Å². The van der Waals surface area contributed by atoms with Crippen LogP contribution in [-0.2, 0) is 9.53 Å². The van der Waals surface area contributed by atoms with Gasteiger partial charge in [0, 0.05) is 5.92 Å². The van der Waals surface area contributed by atoms with E-state index in [1.54, 1.807) is 12.2 Å². The first-order valence-electron chi connectivity index (χ1n) is 5.03. The Labute approximate surface area is 90.4 Å². The van der Waals surface area contributed by atoms with E-state index in [2.05, 4.69) is 4.74 Å². The lowest BCUT2D eigenvalue weighted by Gasteiger charge is -2.42. The van der Waals surface area contributed by atoms with Gasteiger partial charge in [-0.2, -0.15) is 13.2 Å². The number of carbonyl (C=O) groups excluding carboxylic acids is 1. The zero-order valence-corrected chi connectivity index (χ0v) is 8.03. The molecule has 1 saturated heterocycles. The maximum Gasteiger partial charge on any atom is 1.00 e. The lowest BCUT2D eigenvalue weighted by atomic mass is 9.80. The van der Waals surface area contributed by atoms with Gasteiger partial charge in [-0.25, -0.2) is 0 Å². The Balaban J connectivity index is 0.00000108. The van der Waals surface area contributed by atoms with Crippen molar-refractivity contribution in [1.29, 1.82) is 0 Å². The standard InChI is InChI=1S/C10H8F3O3/c11-10(12,13)9(15)7-5-2-1-4(3-5)6(7)8(14)16-9/h1-2,4-7H,3H2/q-1/p+1/t4-,5+,6-,7+,9+/m1/s1. The van der Waals surface area contributed by atoms with Crippen LogP contribution in [0.25, 0.3) is 0 Å². The van der Waals surface area contributed by atoms with Crippen molar-refractivity contribution < 1.29 is 29.2 Å². The number of allylic oxidation sites excluding steroid dienone is 2. The van der Waals surface area contributed by atoms with Gasteiger partial charge in [0.2, 0.25) is 0 Å². The molecule has 6 heteroatoms. The minimum atomic E-state index is -5.04. The van der Waals surface area contributed by atoms with E-state index in [-0.39, 0.29) is 7.34 Å². The number of esters is 1. The second-order valence-corrected chi connectivity index (χ2v) is 4.59. The molecule has 1 saturated carbocycles. The number of hydrogen-bond donors (Lipinski definition) is 0. The molecule has 1 aliphatic heterocycles. The summed E-state index contributed by atoms with van der Waals surface area (Å²) in [6.45, 7) is 0. The molecule has 0 aromatic rings. The van der Waals surface area contributed by atoms with Gasteiger partial charge >= 0.3 is 13.6 Å². The molecule has 2 aliphatic carbocycles. The predicted octanol–water partition coefficient (Wildman–Crippen LogP) is 0.713. The summed E-state index contributed by atoms with van der Waals surface area (Å²) in [5, 5.41) is 11.7. The highest BCUT2D eigenvalue weighted by Crippen LogP contribution is 2.59. The van der Waals surface area contributed by atoms with E-state index < -0.39 is 35.7 Å². The van der Waals surface area contributed by atoms with Crippen molar-refractivity contribution in [3.8, 4) is 0 Å². The minimum absolute atomic E-state index is 0. The zero-order chi connectivity index (χ0) is 11.7. The van der Waals surface area contributed by atoms with Crippen molar-refractivity contribution in [2.45, 2.75) is 18.4 Å². The smallest absolute Gasteiger partial charge is 0.812 e. The summed E-state index contributed by atoms with van der Waals surface area (Å²) in [6, 6.07) is 0. The number of halogens is 3. The van der Waals surface area contributed by atoms with Crippen LogP contribution in [0.3, 0.4) is 0 Å². The van der Waals surface area contributed by atoms with Crippen molar-refractivity contribution in [1.82, 2.24) is 0 Å². The van der Waals surface area contributed by atoms with E-state index in [1.165, 1.54) is 0 Å². The van der Waals surface area contributed by atoms with Gasteiger partial charge in [-0.15, -0.1) is 0 Å². The minimum Gasteiger partial charge on any atom is -0.812 e. The highest BCUT2D eigenvalue weighted by Gasteiger charge is 2.68. The van der Waals surface area contributed by atoms with E-state index in [4.69, 9.17) is 0 Å². The Kier molecular flexibility index (Phi) is 1.65. The number of carbonyl (C=O) groups is 1. The third-order valence-corrected chi connectivity index (χ3v) is 3.82. The molecule has 3 nitrogen and oxygen atoms in total. The molecular formula is C10H9F3O3. The Morgan fingerprint density at radius 1 is 1.44 bits per heavy atom. The summed E-state index contributed by atoms with van der Waals surface area (Å²) in [5.74, 6) is -7.43. The molecule has 3 aliphatic rings. The predicted molar refractivity (Wildman–Crippen MR) is 43.7 cm³/mol. The van der Waals surface area contributed by atoms with Crippen LogP contribution in [0, 0.1) is 23.7 Å². The van der Waals surface area contributed by atoms with Crippen LogP contribution in [0.5, 0.6) is 0 Å². The fourth-order valence-corrected chi connectivity index (χ4v) is 3.19. The summed E-state index contributed by atoms with van der Waals surface area (Å²) in [7, 11) is 0. The lowest BCUT2D eigenvalue weighted by Crippen LogP contribution is -2.62. The molecule has 1 heterocycles. The summed E-state index contributed by atoms with van der Waals surface area (Å²) < 4.78 is 42.1. The van der Waals surface area contributed by atoms with Gasteiger partial charge in [-0.05, 0) is 18.3 Å². The number of hydrogen-bond acceptors (Lipinski definition) is 3. The molecule has 0 radical (unpaired) electrons. The van der Waals surface area contributed by atoms with Crippen molar-refractivity contribution in [3.63, 3.8) is 0 Å². The van der Waals surface area contributed by atoms with Crippen LogP contribution in [0.4, 0.5) is 13.2 Å². The van der Waals surface area contributed by atoms with Gasteiger partial charge in [-0.1, -0.05) is 12.2 Å². The third-order valence-electron chi connectivity index (χ3n) is 3.82. The summed E-state index contributed by atoms with van der Waals surface area (Å²) >= 11 is 0. The van der Waals surface area contributed by atoms with Gasteiger partial charge in [0.05, 0.1) is 5.92 Å². The quantitative estimate of drug-likeness (QED) is 0.458. The first-order valence-corrected chi connectivity index (χ1v) is 5.03. The molecule has 3 rings (SSSR count). The average Bonchev–Trinajstić information content (AvgIpc) is 2.77. The largest absolute Gasteiger partial charge is 1.00 e. The molecule has 2 fully saturated rings. The second-order valence-electron chi connectivity index (χ2n) is 4.59. The van der Waals surface area contributed by atoms with Crippen molar-refractivity contribution in [2.24, 2.45) is 23.7 Å². The van der Waals surface area contributed by atoms with Gasteiger partial charge in [0.25, 0.3) is 0 Å². The maximum absolute atomic E-state index is 12.7. The molecule has 5 atom stereocenters. The second kappa shape index (κ2) is 2.61. The average molecular weight is 234 g/mol. The topological polar surface area (TPSA) is 49.4 Å². The monoisotopic (exact) mass is 234 g/mol. The zero-order valence-electron chi connectivity index (χ0n) is 9.03. The van der Waals surface area contributed by atoms with E-state index in [1.807, 2.05) is 0 Å². The molecule has 0 aromatic heterocycles. The number of rotatable bonds is 0. The Hall–Kier alpha value is -1.04. The van der Waals surface area contributed by atoms with Crippen LogP contribution >= 0.6 is 0 Å². The third kappa shape index (κ3) is 0.959. The number of fused-ring (bicyclic) bond motifs is 5. The van der Waals surface area contributed by atoms with Gasteiger partial charge in [0.15, 0.2) is 0 Å². The highest BCUT2D eigenvalue weighted by atomic mass is 19.4.